The molecule has 0 aliphatic heterocycles. The highest BCUT2D eigenvalue weighted by Gasteiger charge is 2.47. The van der Waals surface area contributed by atoms with Crippen molar-refractivity contribution in [3.05, 3.63) is 23.8 Å². The molecule has 3 unspecified atom stereocenters. The number of ketones is 1. The quantitative estimate of drug-likeness (QED) is 0.348. The van der Waals surface area contributed by atoms with Gasteiger partial charge in [0, 0.05) is 12.3 Å². The predicted octanol–water partition coefficient (Wildman–Crippen LogP) is 6.68. The van der Waals surface area contributed by atoms with Crippen LogP contribution >= 0.6 is 0 Å². The first-order valence-corrected chi connectivity index (χ1v) is 14.1. The van der Waals surface area contributed by atoms with Crippen LogP contribution in [0.25, 0.3) is 0 Å². The molecule has 2 nitrogen and oxygen atoms in total. The molecule has 148 valence electrons. The Bertz CT molecular complexity index is 565. The van der Waals surface area contributed by atoms with E-state index >= 15 is 0 Å². The van der Waals surface area contributed by atoms with Gasteiger partial charge < -0.3 is 4.43 Å². The summed E-state index contributed by atoms with van der Waals surface area (Å²) in [7, 11) is -1.58. The fraction of sp³-hybridized carbons (Fsp3) is 0.783. The van der Waals surface area contributed by atoms with E-state index < -0.39 is 8.32 Å². The molecule has 0 N–H and O–H groups in total. The lowest BCUT2D eigenvalue weighted by Gasteiger charge is -2.40. The van der Waals surface area contributed by atoms with Gasteiger partial charge in [-0.05, 0) is 69.5 Å². The van der Waals surface area contributed by atoms with Crippen LogP contribution < -0.4 is 0 Å². The predicted molar refractivity (Wildman–Crippen MR) is 114 cm³/mol. The number of carbonyl (C=O) groups is 1. The minimum absolute atomic E-state index is 0.110. The third kappa shape index (κ3) is 4.59. The monoisotopic (exact) mass is 376 g/mol. The van der Waals surface area contributed by atoms with Crippen LogP contribution in [-0.2, 0) is 9.22 Å². The summed E-state index contributed by atoms with van der Waals surface area (Å²) in [6.07, 6.45) is 14.1. The molecule has 1 fully saturated rings. The van der Waals surface area contributed by atoms with Crippen LogP contribution in [0.5, 0.6) is 0 Å². The molecule has 0 aromatic carbocycles. The molecule has 0 aromatic heterocycles. The van der Waals surface area contributed by atoms with E-state index in [0.29, 0.717) is 11.7 Å². The Morgan fingerprint density at radius 3 is 2.58 bits per heavy atom. The zero-order chi connectivity index (χ0) is 19.6. The summed E-state index contributed by atoms with van der Waals surface area (Å²) in [4.78, 5) is 12.3. The van der Waals surface area contributed by atoms with Crippen LogP contribution in [0, 0.1) is 17.3 Å². The number of Topliss-reactive ketones (excluding diaryl/α,β-unsaturated/α-hetero) is 1. The summed E-state index contributed by atoms with van der Waals surface area (Å²) in [5, 5.41) is 0. The van der Waals surface area contributed by atoms with E-state index in [9.17, 15) is 4.79 Å². The van der Waals surface area contributed by atoms with Crippen molar-refractivity contribution in [3.63, 3.8) is 0 Å². The molecule has 0 spiro atoms. The fourth-order valence-corrected chi connectivity index (χ4v) is 6.78. The number of rotatable bonds is 8. The summed E-state index contributed by atoms with van der Waals surface area (Å²) >= 11 is 0. The zero-order valence-electron chi connectivity index (χ0n) is 18.2. The highest BCUT2D eigenvalue weighted by Crippen LogP contribution is 2.53. The normalized spacial score (nSPS) is 28.3. The van der Waals surface area contributed by atoms with E-state index in [1.807, 2.05) is 0 Å². The van der Waals surface area contributed by atoms with Crippen molar-refractivity contribution < 1.29 is 9.22 Å². The molecule has 0 bridgehead atoms. The Labute approximate surface area is 162 Å². The van der Waals surface area contributed by atoms with Crippen LogP contribution in [0.4, 0.5) is 0 Å². The lowest BCUT2D eigenvalue weighted by molar-refractivity contribution is -0.128. The third-order valence-corrected chi connectivity index (χ3v) is 7.68. The van der Waals surface area contributed by atoms with Gasteiger partial charge in [-0.2, -0.15) is 0 Å². The molecule has 0 amide bonds. The molecule has 0 saturated heterocycles. The lowest BCUT2D eigenvalue weighted by Crippen LogP contribution is -2.40. The third-order valence-electron chi connectivity index (χ3n) is 6.66. The molecule has 1 saturated carbocycles. The summed E-state index contributed by atoms with van der Waals surface area (Å²) in [5.74, 6) is 1.25. The highest BCUT2D eigenvalue weighted by molar-refractivity contribution is 6.69. The molecule has 0 heterocycles. The largest absolute Gasteiger partial charge is 0.409 e. The van der Waals surface area contributed by atoms with Gasteiger partial charge in [-0.25, -0.2) is 0 Å². The molecule has 0 radical (unpaired) electrons. The summed E-state index contributed by atoms with van der Waals surface area (Å²) in [6.45, 7) is 16.0. The Kier molecular flexibility index (Phi) is 6.77. The number of hydrogen-bond donors (Lipinski definition) is 0. The van der Waals surface area contributed by atoms with E-state index in [1.54, 1.807) is 0 Å². The molecule has 3 heteroatoms. The average molecular weight is 377 g/mol. The van der Waals surface area contributed by atoms with Crippen molar-refractivity contribution in [1.82, 2.24) is 0 Å². The molecule has 3 atom stereocenters. The smallest absolute Gasteiger partial charge is 0.184 e. The number of fused-ring (bicyclic) bond motifs is 1. The Hall–Kier alpha value is -0.673. The lowest BCUT2D eigenvalue weighted by atomic mass is 9.63. The second kappa shape index (κ2) is 8.14. The number of carbonyl (C=O) groups excluding carboxylic acids is 1. The van der Waals surface area contributed by atoms with E-state index in [-0.39, 0.29) is 16.9 Å². The van der Waals surface area contributed by atoms with Gasteiger partial charge in [-0.3, -0.25) is 4.79 Å². The van der Waals surface area contributed by atoms with Crippen molar-refractivity contribution in [2.45, 2.75) is 97.9 Å². The van der Waals surface area contributed by atoms with Crippen molar-refractivity contribution in [3.8, 4) is 0 Å². The first-order valence-electron chi connectivity index (χ1n) is 10.7. The fourth-order valence-electron chi connectivity index (χ4n) is 5.20. The molecule has 2 rings (SSSR count). The molecule has 26 heavy (non-hydrogen) atoms. The van der Waals surface area contributed by atoms with Crippen molar-refractivity contribution in [1.29, 1.82) is 0 Å². The minimum atomic E-state index is -1.58. The van der Waals surface area contributed by atoms with Crippen LogP contribution in [0.1, 0.15) is 72.6 Å². The van der Waals surface area contributed by atoms with Crippen LogP contribution in [0.15, 0.2) is 23.8 Å². The topological polar surface area (TPSA) is 26.3 Å². The van der Waals surface area contributed by atoms with Gasteiger partial charge >= 0.3 is 0 Å². The number of hydrogen-bond acceptors (Lipinski definition) is 2. The Morgan fingerprint density at radius 1 is 1.35 bits per heavy atom. The van der Waals surface area contributed by atoms with Gasteiger partial charge in [0.15, 0.2) is 8.32 Å². The van der Waals surface area contributed by atoms with Gasteiger partial charge in [0.25, 0.3) is 0 Å². The van der Waals surface area contributed by atoms with Gasteiger partial charge in [-0.1, -0.05) is 51.5 Å². The number of allylic oxidation sites excluding steroid dienone is 3. The van der Waals surface area contributed by atoms with Crippen molar-refractivity contribution >= 4 is 14.1 Å². The molecule has 2 aliphatic carbocycles. The summed E-state index contributed by atoms with van der Waals surface area (Å²) in [6, 6.07) is 0. The maximum Gasteiger partial charge on any atom is 0.184 e. The maximum atomic E-state index is 12.3. The summed E-state index contributed by atoms with van der Waals surface area (Å²) in [5.41, 5.74) is 1.54. The van der Waals surface area contributed by atoms with E-state index in [0.717, 1.165) is 38.5 Å². The van der Waals surface area contributed by atoms with E-state index in [2.05, 4.69) is 65.6 Å². The van der Waals surface area contributed by atoms with Gasteiger partial charge in [0.2, 0.25) is 0 Å². The Morgan fingerprint density at radius 2 is 2.00 bits per heavy atom. The second-order valence-electron chi connectivity index (χ2n) is 9.71. The maximum absolute atomic E-state index is 12.3. The van der Waals surface area contributed by atoms with Gasteiger partial charge in [0.1, 0.15) is 5.78 Å². The highest BCUT2D eigenvalue weighted by atomic mass is 28.4. The van der Waals surface area contributed by atoms with Gasteiger partial charge in [0.05, 0.1) is 5.60 Å². The molecule has 0 aromatic rings. The molecular formula is C23H40O2Si. The molecule has 2 aliphatic rings. The van der Waals surface area contributed by atoms with Crippen molar-refractivity contribution in [2.24, 2.45) is 17.3 Å². The minimum Gasteiger partial charge on any atom is -0.409 e. The van der Waals surface area contributed by atoms with Crippen LogP contribution in [-0.4, -0.2) is 19.7 Å². The SMILES string of the molecule is CCC(/C=C/CC(C)C1=CCC2C(=O)CCCC12C)(CC)O[Si](C)(C)C. The van der Waals surface area contributed by atoms with Crippen molar-refractivity contribution in [2.75, 3.05) is 0 Å². The van der Waals surface area contributed by atoms with E-state index in [4.69, 9.17) is 4.43 Å². The van der Waals surface area contributed by atoms with Crippen LogP contribution in [0.3, 0.4) is 0 Å². The van der Waals surface area contributed by atoms with Crippen LogP contribution in [0.2, 0.25) is 19.6 Å². The summed E-state index contributed by atoms with van der Waals surface area (Å²) < 4.78 is 6.54. The average Bonchev–Trinajstić information content (AvgIpc) is 2.91. The standard InChI is InChI=1S/C23H40O2Si/c1-8-23(9-2,25-26(5,6)7)17-10-12-18(3)19-14-15-20-21(24)13-11-16-22(19,20)4/h10,14,17-18,20H,8-9,11-13,15-16H2,1-7H3/b17-10+. The van der Waals surface area contributed by atoms with E-state index in [1.165, 1.54) is 12.0 Å². The van der Waals surface area contributed by atoms with Gasteiger partial charge in [-0.15, -0.1) is 0 Å². The first kappa shape index (κ1) is 21.6. The Balaban J connectivity index is 2.06. The second-order valence-corrected chi connectivity index (χ2v) is 14.1. The zero-order valence-corrected chi connectivity index (χ0v) is 19.2. The molecular weight excluding hydrogens is 336 g/mol. The first-order chi connectivity index (χ1) is 12.1.